The molecular formula is C7H12O3. The van der Waals surface area contributed by atoms with Gasteiger partial charge in [-0.25, -0.2) is 0 Å². The molecule has 0 aromatic rings. The fraction of sp³-hybridized carbons (Fsp3) is 0.857. The molecule has 0 radical (unpaired) electrons. The molecule has 2 atom stereocenters. The third-order valence-corrected chi connectivity index (χ3v) is 2.06. The molecule has 10 heavy (non-hydrogen) atoms. The Kier molecular flexibility index (Phi) is 1.68. The standard InChI is InChI=1S/C7H12O3/c1-5-4-10-6(8)3-7(5,2)9/h5,9H,3-4H2,1-2H3/t5-,7+/m1/s1. The van der Waals surface area contributed by atoms with Gasteiger partial charge in [-0.1, -0.05) is 6.92 Å². The maximum atomic E-state index is 10.6. The van der Waals surface area contributed by atoms with Gasteiger partial charge in [-0.05, 0) is 6.92 Å². The van der Waals surface area contributed by atoms with Gasteiger partial charge in [0.2, 0.25) is 0 Å². The first kappa shape index (κ1) is 7.54. The second-order valence-corrected chi connectivity index (χ2v) is 3.12. The van der Waals surface area contributed by atoms with Gasteiger partial charge in [0, 0.05) is 5.92 Å². The molecule has 1 rings (SSSR count). The third kappa shape index (κ3) is 1.29. The highest BCUT2D eigenvalue weighted by Crippen LogP contribution is 2.25. The summed E-state index contributed by atoms with van der Waals surface area (Å²) in [5.74, 6) is -0.256. The Morgan fingerprint density at radius 2 is 2.40 bits per heavy atom. The Bertz CT molecular complexity index is 151. The molecule has 3 heteroatoms. The summed E-state index contributed by atoms with van der Waals surface area (Å²) in [7, 11) is 0. The van der Waals surface area contributed by atoms with Crippen LogP contribution in [0.1, 0.15) is 20.3 Å². The molecule has 58 valence electrons. The summed E-state index contributed by atoms with van der Waals surface area (Å²) in [6.45, 7) is 3.87. The highest BCUT2D eigenvalue weighted by Gasteiger charge is 2.36. The lowest BCUT2D eigenvalue weighted by Gasteiger charge is -2.33. The minimum atomic E-state index is -0.866. The molecule has 0 spiro atoms. The van der Waals surface area contributed by atoms with Crippen molar-refractivity contribution in [3.8, 4) is 0 Å². The topological polar surface area (TPSA) is 46.5 Å². The molecule has 1 aliphatic rings. The summed E-state index contributed by atoms with van der Waals surface area (Å²) in [5, 5.41) is 9.51. The van der Waals surface area contributed by atoms with E-state index in [9.17, 15) is 9.90 Å². The van der Waals surface area contributed by atoms with Crippen molar-refractivity contribution in [2.75, 3.05) is 6.61 Å². The smallest absolute Gasteiger partial charge is 0.308 e. The summed E-state index contributed by atoms with van der Waals surface area (Å²) in [5.41, 5.74) is -0.866. The van der Waals surface area contributed by atoms with E-state index >= 15 is 0 Å². The molecule has 1 N–H and O–H groups in total. The highest BCUT2D eigenvalue weighted by atomic mass is 16.5. The average molecular weight is 144 g/mol. The molecule has 0 aromatic carbocycles. The number of ether oxygens (including phenoxy) is 1. The van der Waals surface area contributed by atoms with Gasteiger partial charge in [0.15, 0.2) is 0 Å². The number of hydrogen-bond donors (Lipinski definition) is 1. The van der Waals surface area contributed by atoms with E-state index in [0.717, 1.165) is 0 Å². The second kappa shape index (κ2) is 2.23. The van der Waals surface area contributed by atoms with E-state index in [1.165, 1.54) is 0 Å². The number of carbonyl (C=O) groups is 1. The zero-order valence-electron chi connectivity index (χ0n) is 6.26. The Morgan fingerprint density at radius 3 is 2.80 bits per heavy atom. The Hall–Kier alpha value is -0.570. The van der Waals surface area contributed by atoms with E-state index in [2.05, 4.69) is 0 Å². The number of hydrogen-bond acceptors (Lipinski definition) is 3. The van der Waals surface area contributed by atoms with Crippen LogP contribution in [0.15, 0.2) is 0 Å². The van der Waals surface area contributed by atoms with Crippen LogP contribution in [0.3, 0.4) is 0 Å². The maximum Gasteiger partial charge on any atom is 0.308 e. The minimum absolute atomic E-state index is 0.0465. The Morgan fingerprint density at radius 1 is 1.80 bits per heavy atom. The number of carbonyl (C=O) groups excluding carboxylic acids is 1. The van der Waals surface area contributed by atoms with Crippen molar-refractivity contribution in [2.45, 2.75) is 25.9 Å². The van der Waals surface area contributed by atoms with Crippen molar-refractivity contribution in [1.82, 2.24) is 0 Å². The first-order valence-corrected chi connectivity index (χ1v) is 3.40. The van der Waals surface area contributed by atoms with Gasteiger partial charge in [-0.2, -0.15) is 0 Å². The van der Waals surface area contributed by atoms with Crippen LogP contribution in [0.2, 0.25) is 0 Å². The number of cyclic esters (lactones) is 1. The van der Waals surface area contributed by atoms with Crippen LogP contribution in [0.25, 0.3) is 0 Å². The van der Waals surface area contributed by atoms with Gasteiger partial charge in [0.1, 0.15) is 0 Å². The fourth-order valence-electron chi connectivity index (χ4n) is 0.915. The van der Waals surface area contributed by atoms with E-state index < -0.39 is 5.60 Å². The summed E-state index contributed by atoms with van der Waals surface area (Å²) >= 11 is 0. The summed E-state index contributed by atoms with van der Waals surface area (Å²) in [4.78, 5) is 10.6. The zero-order chi connectivity index (χ0) is 7.78. The van der Waals surface area contributed by atoms with Crippen molar-refractivity contribution in [3.63, 3.8) is 0 Å². The lowest BCUT2D eigenvalue weighted by Crippen LogP contribution is -2.43. The molecule has 1 saturated heterocycles. The molecule has 1 aliphatic heterocycles. The first-order chi connectivity index (χ1) is 4.52. The molecule has 1 heterocycles. The van der Waals surface area contributed by atoms with E-state index in [4.69, 9.17) is 4.74 Å². The summed E-state index contributed by atoms with van der Waals surface area (Å²) in [6, 6.07) is 0. The molecule has 0 amide bonds. The molecule has 0 bridgehead atoms. The van der Waals surface area contributed by atoms with Crippen molar-refractivity contribution < 1.29 is 14.6 Å². The monoisotopic (exact) mass is 144 g/mol. The van der Waals surface area contributed by atoms with E-state index in [0.29, 0.717) is 6.61 Å². The average Bonchev–Trinajstić information content (AvgIpc) is 1.78. The second-order valence-electron chi connectivity index (χ2n) is 3.12. The number of aliphatic hydroxyl groups is 1. The SMILES string of the molecule is C[C@@H]1COC(=O)C[C@]1(C)O. The number of rotatable bonds is 0. The van der Waals surface area contributed by atoms with Crippen LogP contribution in [-0.4, -0.2) is 23.3 Å². The molecular weight excluding hydrogens is 132 g/mol. The quantitative estimate of drug-likeness (QED) is 0.498. The van der Waals surface area contributed by atoms with Gasteiger partial charge < -0.3 is 9.84 Å². The zero-order valence-corrected chi connectivity index (χ0v) is 6.26. The van der Waals surface area contributed by atoms with Crippen LogP contribution in [0.5, 0.6) is 0 Å². The molecule has 0 aromatic heterocycles. The predicted octanol–water partition coefficient (Wildman–Crippen LogP) is 0.320. The van der Waals surface area contributed by atoms with Crippen LogP contribution in [0, 0.1) is 5.92 Å². The predicted molar refractivity (Wildman–Crippen MR) is 35.4 cm³/mol. The van der Waals surface area contributed by atoms with Crippen molar-refractivity contribution in [2.24, 2.45) is 5.92 Å². The van der Waals surface area contributed by atoms with E-state index in [-0.39, 0.29) is 18.3 Å². The van der Waals surface area contributed by atoms with Crippen LogP contribution >= 0.6 is 0 Å². The van der Waals surface area contributed by atoms with Crippen LogP contribution in [0.4, 0.5) is 0 Å². The summed E-state index contributed by atoms with van der Waals surface area (Å²) < 4.78 is 4.73. The Balaban J connectivity index is 2.63. The minimum Gasteiger partial charge on any atom is -0.465 e. The van der Waals surface area contributed by atoms with Gasteiger partial charge >= 0.3 is 5.97 Å². The molecule has 0 unspecified atom stereocenters. The normalized spacial score (nSPS) is 41.1. The molecule has 0 aliphatic carbocycles. The Labute approximate surface area is 60.0 Å². The molecule has 0 saturated carbocycles. The van der Waals surface area contributed by atoms with Gasteiger partial charge in [-0.3, -0.25) is 4.79 Å². The van der Waals surface area contributed by atoms with Crippen molar-refractivity contribution in [3.05, 3.63) is 0 Å². The largest absolute Gasteiger partial charge is 0.465 e. The lowest BCUT2D eigenvalue weighted by atomic mass is 9.87. The van der Waals surface area contributed by atoms with Crippen LogP contribution < -0.4 is 0 Å². The molecule has 3 nitrogen and oxygen atoms in total. The third-order valence-electron chi connectivity index (χ3n) is 2.06. The first-order valence-electron chi connectivity index (χ1n) is 3.40. The lowest BCUT2D eigenvalue weighted by molar-refractivity contribution is -0.165. The fourth-order valence-corrected chi connectivity index (χ4v) is 0.915. The molecule has 1 fully saturated rings. The van der Waals surface area contributed by atoms with Gasteiger partial charge in [0.05, 0.1) is 18.6 Å². The van der Waals surface area contributed by atoms with Gasteiger partial charge in [0.25, 0.3) is 0 Å². The van der Waals surface area contributed by atoms with Crippen molar-refractivity contribution >= 4 is 5.97 Å². The number of esters is 1. The summed E-state index contributed by atoms with van der Waals surface area (Å²) in [6.07, 6.45) is 0.119. The van der Waals surface area contributed by atoms with E-state index in [1.807, 2.05) is 6.92 Å². The van der Waals surface area contributed by atoms with Crippen molar-refractivity contribution in [1.29, 1.82) is 0 Å². The van der Waals surface area contributed by atoms with Crippen LogP contribution in [-0.2, 0) is 9.53 Å². The van der Waals surface area contributed by atoms with E-state index in [1.54, 1.807) is 6.92 Å². The highest BCUT2D eigenvalue weighted by molar-refractivity contribution is 5.71. The van der Waals surface area contributed by atoms with Gasteiger partial charge in [-0.15, -0.1) is 0 Å². The maximum absolute atomic E-state index is 10.6.